The number of hydrogen-bond acceptors (Lipinski definition) is 3. The molecule has 2 heterocycles. The van der Waals surface area contributed by atoms with Crippen LogP contribution in [0.2, 0.25) is 0 Å². The van der Waals surface area contributed by atoms with E-state index in [0.717, 1.165) is 49.2 Å². The molecular formula is C15H20N2O2. The summed E-state index contributed by atoms with van der Waals surface area (Å²) in [5.41, 5.74) is 3.03. The third-order valence-electron chi connectivity index (χ3n) is 4.20. The lowest BCUT2D eigenvalue weighted by Gasteiger charge is -2.28. The Morgan fingerprint density at radius 1 is 1.21 bits per heavy atom. The first-order valence-corrected chi connectivity index (χ1v) is 7.05. The maximum absolute atomic E-state index is 11.3. The summed E-state index contributed by atoms with van der Waals surface area (Å²) >= 11 is 0. The van der Waals surface area contributed by atoms with Crippen LogP contribution in [-0.4, -0.2) is 24.1 Å². The van der Waals surface area contributed by atoms with Crippen LogP contribution in [-0.2, 0) is 11.2 Å². The maximum Gasteiger partial charge on any atom is 0.224 e. The standard InChI is InChI=1S/C15H20N2O2/c18-14-4-2-11-9-12(1-3-13(11)17-14)15(19)10-5-7-16-8-6-10/h1,3,9-10,15-16,19H,2,4-8H2,(H,17,18). The van der Waals surface area contributed by atoms with Gasteiger partial charge in [-0.1, -0.05) is 12.1 Å². The highest BCUT2D eigenvalue weighted by atomic mass is 16.3. The van der Waals surface area contributed by atoms with Crippen LogP contribution in [0.3, 0.4) is 0 Å². The quantitative estimate of drug-likeness (QED) is 0.757. The molecule has 1 saturated heterocycles. The van der Waals surface area contributed by atoms with E-state index in [4.69, 9.17) is 0 Å². The first kappa shape index (κ1) is 12.6. The van der Waals surface area contributed by atoms with E-state index in [2.05, 4.69) is 16.7 Å². The van der Waals surface area contributed by atoms with Gasteiger partial charge in [0, 0.05) is 12.1 Å². The van der Waals surface area contributed by atoms with Crippen molar-refractivity contribution in [2.75, 3.05) is 18.4 Å². The molecule has 102 valence electrons. The van der Waals surface area contributed by atoms with Gasteiger partial charge in [-0.05, 0) is 55.5 Å². The molecule has 1 atom stereocenters. The van der Waals surface area contributed by atoms with Crippen LogP contribution in [0.4, 0.5) is 5.69 Å². The van der Waals surface area contributed by atoms with Crippen LogP contribution in [0, 0.1) is 5.92 Å². The van der Waals surface area contributed by atoms with Crippen LogP contribution in [0.15, 0.2) is 18.2 Å². The highest BCUT2D eigenvalue weighted by molar-refractivity contribution is 5.93. The highest BCUT2D eigenvalue weighted by Crippen LogP contribution is 2.32. The van der Waals surface area contributed by atoms with Crippen LogP contribution in [0.5, 0.6) is 0 Å². The molecule has 3 rings (SSSR count). The van der Waals surface area contributed by atoms with E-state index >= 15 is 0 Å². The summed E-state index contributed by atoms with van der Waals surface area (Å²) in [4.78, 5) is 11.3. The number of amides is 1. The average molecular weight is 260 g/mol. The number of piperidine rings is 1. The SMILES string of the molecule is O=C1CCc2cc(C(O)C3CCNCC3)ccc2N1. The topological polar surface area (TPSA) is 61.4 Å². The molecule has 1 aromatic carbocycles. The van der Waals surface area contributed by atoms with E-state index < -0.39 is 0 Å². The zero-order valence-corrected chi connectivity index (χ0v) is 11.0. The van der Waals surface area contributed by atoms with Crippen molar-refractivity contribution in [1.82, 2.24) is 5.32 Å². The molecule has 1 unspecified atom stereocenters. The third kappa shape index (κ3) is 2.65. The fourth-order valence-electron chi connectivity index (χ4n) is 3.02. The number of anilines is 1. The number of benzene rings is 1. The van der Waals surface area contributed by atoms with Crippen LogP contribution in [0.25, 0.3) is 0 Å². The number of aryl methyl sites for hydroxylation is 1. The zero-order chi connectivity index (χ0) is 13.2. The first-order valence-electron chi connectivity index (χ1n) is 7.05. The van der Waals surface area contributed by atoms with E-state index in [1.165, 1.54) is 0 Å². The highest BCUT2D eigenvalue weighted by Gasteiger charge is 2.24. The van der Waals surface area contributed by atoms with Gasteiger partial charge in [-0.15, -0.1) is 0 Å². The molecule has 1 aromatic rings. The third-order valence-corrected chi connectivity index (χ3v) is 4.20. The number of fused-ring (bicyclic) bond motifs is 1. The van der Waals surface area contributed by atoms with Crippen LogP contribution in [0.1, 0.15) is 36.5 Å². The van der Waals surface area contributed by atoms with Gasteiger partial charge in [-0.25, -0.2) is 0 Å². The molecule has 1 amide bonds. The monoisotopic (exact) mass is 260 g/mol. The summed E-state index contributed by atoms with van der Waals surface area (Å²) in [6.45, 7) is 1.98. The summed E-state index contributed by atoms with van der Waals surface area (Å²) in [6, 6.07) is 5.92. The maximum atomic E-state index is 11.3. The van der Waals surface area contributed by atoms with Gasteiger partial charge in [0.2, 0.25) is 5.91 Å². The predicted octanol–water partition coefficient (Wildman–Crippen LogP) is 1.60. The summed E-state index contributed by atoms with van der Waals surface area (Å²) in [6.07, 6.45) is 2.97. The Labute approximate surface area is 113 Å². The van der Waals surface area contributed by atoms with Crippen LogP contribution < -0.4 is 10.6 Å². The van der Waals surface area contributed by atoms with E-state index in [-0.39, 0.29) is 12.0 Å². The molecule has 0 bridgehead atoms. The van der Waals surface area contributed by atoms with Gasteiger partial charge in [0.15, 0.2) is 0 Å². The summed E-state index contributed by atoms with van der Waals surface area (Å²) in [5, 5.41) is 16.7. The minimum absolute atomic E-state index is 0.0825. The number of carbonyl (C=O) groups excluding carboxylic acids is 1. The number of hydrogen-bond donors (Lipinski definition) is 3. The molecule has 0 aliphatic carbocycles. The lowest BCUT2D eigenvalue weighted by atomic mass is 9.87. The van der Waals surface area contributed by atoms with Crippen molar-refractivity contribution in [3.63, 3.8) is 0 Å². The first-order chi connectivity index (χ1) is 9.24. The van der Waals surface area contributed by atoms with Crippen molar-refractivity contribution < 1.29 is 9.90 Å². The normalized spacial score (nSPS) is 21.6. The Morgan fingerprint density at radius 3 is 2.79 bits per heavy atom. The van der Waals surface area contributed by atoms with E-state index in [1.807, 2.05) is 12.1 Å². The Kier molecular flexibility index (Phi) is 3.53. The molecule has 0 radical (unpaired) electrons. The summed E-state index contributed by atoms with van der Waals surface area (Å²) < 4.78 is 0. The lowest BCUT2D eigenvalue weighted by Crippen LogP contribution is -2.31. The van der Waals surface area contributed by atoms with E-state index in [0.29, 0.717) is 12.3 Å². The second kappa shape index (κ2) is 5.31. The Balaban J connectivity index is 1.79. The van der Waals surface area contributed by atoms with Crippen molar-refractivity contribution >= 4 is 11.6 Å². The average Bonchev–Trinajstić information content (AvgIpc) is 2.47. The molecule has 19 heavy (non-hydrogen) atoms. The Hall–Kier alpha value is -1.39. The van der Waals surface area contributed by atoms with Crippen molar-refractivity contribution in [3.05, 3.63) is 29.3 Å². The largest absolute Gasteiger partial charge is 0.388 e. The van der Waals surface area contributed by atoms with Gasteiger partial charge >= 0.3 is 0 Å². The van der Waals surface area contributed by atoms with Crippen molar-refractivity contribution in [3.8, 4) is 0 Å². The smallest absolute Gasteiger partial charge is 0.224 e. The molecule has 4 heteroatoms. The lowest BCUT2D eigenvalue weighted by molar-refractivity contribution is -0.116. The summed E-state index contributed by atoms with van der Waals surface area (Å²) in [7, 11) is 0. The predicted molar refractivity (Wildman–Crippen MR) is 73.9 cm³/mol. The molecule has 4 nitrogen and oxygen atoms in total. The van der Waals surface area contributed by atoms with Gasteiger partial charge in [0.1, 0.15) is 0 Å². The second-order valence-electron chi connectivity index (χ2n) is 5.50. The zero-order valence-electron chi connectivity index (χ0n) is 11.0. The number of aliphatic hydroxyl groups excluding tert-OH is 1. The minimum Gasteiger partial charge on any atom is -0.388 e. The van der Waals surface area contributed by atoms with E-state index in [1.54, 1.807) is 0 Å². The Bertz CT molecular complexity index is 481. The fraction of sp³-hybridized carbons (Fsp3) is 0.533. The molecule has 1 fully saturated rings. The van der Waals surface area contributed by atoms with Crippen molar-refractivity contribution in [2.24, 2.45) is 5.92 Å². The molecule has 0 aromatic heterocycles. The van der Waals surface area contributed by atoms with Gasteiger partial charge in [0.25, 0.3) is 0 Å². The number of rotatable bonds is 2. The molecule has 2 aliphatic rings. The summed E-state index contributed by atoms with van der Waals surface area (Å²) in [5.74, 6) is 0.427. The second-order valence-corrected chi connectivity index (χ2v) is 5.50. The van der Waals surface area contributed by atoms with Gasteiger partial charge in [-0.3, -0.25) is 4.79 Å². The molecule has 0 spiro atoms. The fourth-order valence-corrected chi connectivity index (χ4v) is 3.02. The molecule has 2 aliphatic heterocycles. The number of carbonyl (C=O) groups is 1. The minimum atomic E-state index is -0.384. The number of aliphatic hydroxyl groups is 1. The van der Waals surface area contributed by atoms with Gasteiger partial charge in [-0.2, -0.15) is 0 Å². The van der Waals surface area contributed by atoms with Crippen molar-refractivity contribution in [1.29, 1.82) is 0 Å². The number of nitrogens with one attached hydrogen (secondary N) is 2. The molecular weight excluding hydrogens is 240 g/mol. The molecule has 3 N–H and O–H groups in total. The van der Waals surface area contributed by atoms with Gasteiger partial charge < -0.3 is 15.7 Å². The molecule has 0 saturated carbocycles. The Morgan fingerprint density at radius 2 is 2.00 bits per heavy atom. The van der Waals surface area contributed by atoms with Crippen LogP contribution >= 0.6 is 0 Å². The van der Waals surface area contributed by atoms with Gasteiger partial charge in [0.05, 0.1) is 6.10 Å². The van der Waals surface area contributed by atoms with E-state index in [9.17, 15) is 9.90 Å². The van der Waals surface area contributed by atoms with Crippen molar-refractivity contribution in [2.45, 2.75) is 31.8 Å².